The number of rotatable bonds is 3. The number of phenolic OH excluding ortho intramolecular Hbond substituents is 1. The van der Waals surface area contributed by atoms with Crippen molar-refractivity contribution in [2.45, 2.75) is 26.7 Å². The highest BCUT2D eigenvalue weighted by Crippen LogP contribution is 2.30. The van der Waals surface area contributed by atoms with Gasteiger partial charge in [0.25, 0.3) is 0 Å². The molecule has 0 aliphatic rings. The van der Waals surface area contributed by atoms with Gasteiger partial charge in [0, 0.05) is 5.56 Å². The van der Waals surface area contributed by atoms with Crippen LogP contribution in [0, 0.1) is 0 Å². The standard InChI is InChI=1S/C14H18O/c1-5-7-13-11(6-2)14(15)9-8-12(13)10(3)4/h5-10,15H,2H2,1,3-4H3/b7-5-. The van der Waals surface area contributed by atoms with E-state index in [0.717, 1.165) is 11.1 Å². The predicted octanol–water partition coefficient (Wildman–Crippen LogP) is 4.19. The van der Waals surface area contributed by atoms with Crippen LogP contribution in [0.4, 0.5) is 0 Å². The molecule has 0 radical (unpaired) electrons. The molecule has 0 spiro atoms. The Morgan fingerprint density at radius 2 is 1.93 bits per heavy atom. The molecule has 1 heteroatoms. The summed E-state index contributed by atoms with van der Waals surface area (Å²) in [5.74, 6) is 0.734. The maximum atomic E-state index is 9.72. The van der Waals surface area contributed by atoms with E-state index in [9.17, 15) is 5.11 Å². The molecule has 0 heterocycles. The molecule has 0 unspecified atom stereocenters. The van der Waals surface area contributed by atoms with Gasteiger partial charge in [0.1, 0.15) is 5.75 Å². The highest BCUT2D eigenvalue weighted by atomic mass is 16.3. The zero-order chi connectivity index (χ0) is 11.4. The molecule has 0 bridgehead atoms. The molecule has 0 saturated carbocycles. The second-order valence-electron chi connectivity index (χ2n) is 3.86. The molecule has 80 valence electrons. The fourth-order valence-electron chi connectivity index (χ4n) is 1.71. The first kappa shape index (κ1) is 11.6. The van der Waals surface area contributed by atoms with Crippen LogP contribution < -0.4 is 0 Å². The molecular formula is C14H18O. The summed E-state index contributed by atoms with van der Waals surface area (Å²) in [6.07, 6.45) is 5.70. The lowest BCUT2D eigenvalue weighted by Gasteiger charge is -2.14. The predicted molar refractivity (Wildman–Crippen MR) is 67.0 cm³/mol. The molecule has 0 fully saturated rings. The zero-order valence-electron chi connectivity index (χ0n) is 9.62. The van der Waals surface area contributed by atoms with E-state index in [0.29, 0.717) is 11.7 Å². The summed E-state index contributed by atoms with van der Waals surface area (Å²) >= 11 is 0. The van der Waals surface area contributed by atoms with Crippen LogP contribution in [0.1, 0.15) is 43.4 Å². The van der Waals surface area contributed by atoms with Gasteiger partial charge in [-0.25, -0.2) is 0 Å². The van der Waals surface area contributed by atoms with Crippen molar-refractivity contribution < 1.29 is 5.11 Å². The summed E-state index contributed by atoms with van der Waals surface area (Å²) in [5, 5.41) is 9.72. The van der Waals surface area contributed by atoms with Crippen LogP contribution >= 0.6 is 0 Å². The van der Waals surface area contributed by atoms with E-state index >= 15 is 0 Å². The first-order valence-corrected chi connectivity index (χ1v) is 5.22. The Labute approximate surface area is 91.8 Å². The van der Waals surface area contributed by atoms with Crippen molar-refractivity contribution in [3.63, 3.8) is 0 Å². The average Bonchev–Trinajstić information content (AvgIpc) is 2.18. The van der Waals surface area contributed by atoms with Gasteiger partial charge >= 0.3 is 0 Å². The number of hydrogen-bond donors (Lipinski definition) is 1. The minimum atomic E-state index is 0.294. The van der Waals surface area contributed by atoms with Crippen LogP contribution in [0.15, 0.2) is 24.8 Å². The van der Waals surface area contributed by atoms with Gasteiger partial charge in [0.15, 0.2) is 0 Å². The van der Waals surface area contributed by atoms with Crippen molar-refractivity contribution in [1.82, 2.24) is 0 Å². The van der Waals surface area contributed by atoms with Gasteiger partial charge in [0.05, 0.1) is 0 Å². The molecular weight excluding hydrogens is 184 g/mol. The number of aromatic hydroxyl groups is 1. The highest BCUT2D eigenvalue weighted by molar-refractivity contribution is 5.71. The third-order valence-corrected chi connectivity index (χ3v) is 2.46. The highest BCUT2D eigenvalue weighted by Gasteiger charge is 2.10. The van der Waals surface area contributed by atoms with E-state index in [-0.39, 0.29) is 0 Å². The Balaban J connectivity index is 3.48. The van der Waals surface area contributed by atoms with E-state index in [1.807, 2.05) is 25.1 Å². The Morgan fingerprint density at radius 1 is 1.27 bits per heavy atom. The van der Waals surface area contributed by atoms with Gasteiger partial charge in [-0.2, -0.15) is 0 Å². The molecule has 1 aromatic rings. The maximum Gasteiger partial charge on any atom is 0.123 e. The van der Waals surface area contributed by atoms with E-state index in [4.69, 9.17) is 0 Å². The number of benzene rings is 1. The molecule has 15 heavy (non-hydrogen) atoms. The quantitative estimate of drug-likeness (QED) is 0.779. The van der Waals surface area contributed by atoms with Gasteiger partial charge in [-0.1, -0.05) is 44.7 Å². The topological polar surface area (TPSA) is 20.2 Å². The Kier molecular flexibility index (Phi) is 3.73. The van der Waals surface area contributed by atoms with Crippen LogP contribution in [0.3, 0.4) is 0 Å². The van der Waals surface area contributed by atoms with E-state index in [1.165, 1.54) is 5.56 Å². The molecule has 0 aliphatic heterocycles. The van der Waals surface area contributed by atoms with Crippen LogP contribution in [-0.4, -0.2) is 5.11 Å². The average molecular weight is 202 g/mol. The lowest BCUT2D eigenvalue weighted by molar-refractivity contribution is 0.473. The molecule has 0 saturated heterocycles. The number of hydrogen-bond acceptors (Lipinski definition) is 1. The van der Waals surface area contributed by atoms with Crippen molar-refractivity contribution >= 4 is 12.2 Å². The third-order valence-electron chi connectivity index (χ3n) is 2.46. The lowest BCUT2D eigenvalue weighted by atomic mass is 9.92. The summed E-state index contributed by atoms with van der Waals surface area (Å²) in [4.78, 5) is 0. The van der Waals surface area contributed by atoms with Gasteiger partial charge in [-0.05, 0) is 30.0 Å². The Bertz CT molecular complexity index is 387. The zero-order valence-corrected chi connectivity index (χ0v) is 9.62. The summed E-state index contributed by atoms with van der Waals surface area (Å²) in [7, 11) is 0. The van der Waals surface area contributed by atoms with Gasteiger partial charge in [0.2, 0.25) is 0 Å². The monoisotopic (exact) mass is 202 g/mol. The molecule has 0 amide bonds. The first-order valence-electron chi connectivity index (χ1n) is 5.22. The molecule has 0 aliphatic carbocycles. The van der Waals surface area contributed by atoms with E-state index in [1.54, 1.807) is 12.1 Å². The molecule has 0 atom stereocenters. The summed E-state index contributed by atoms with van der Waals surface area (Å²) in [5.41, 5.74) is 3.13. The Hall–Kier alpha value is -1.50. The van der Waals surface area contributed by atoms with Crippen LogP contribution in [-0.2, 0) is 0 Å². The molecule has 1 rings (SSSR count). The lowest BCUT2D eigenvalue weighted by Crippen LogP contribution is -1.94. The maximum absolute atomic E-state index is 9.72. The second kappa shape index (κ2) is 4.83. The van der Waals surface area contributed by atoms with Crippen molar-refractivity contribution in [3.05, 3.63) is 41.5 Å². The van der Waals surface area contributed by atoms with Gasteiger partial charge in [-0.15, -0.1) is 0 Å². The van der Waals surface area contributed by atoms with Crippen molar-refractivity contribution in [2.75, 3.05) is 0 Å². The van der Waals surface area contributed by atoms with Crippen LogP contribution in [0.25, 0.3) is 12.2 Å². The number of allylic oxidation sites excluding steroid dienone is 1. The molecule has 1 aromatic carbocycles. The summed E-state index contributed by atoms with van der Waals surface area (Å²) in [6, 6.07) is 3.71. The van der Waals surface area contributed by atoms with Crippen LogP contribution in [0.2, 0.25) is 0 Å². The van der Waals surface area contributed by atoms with E-state index < -0.39 is 0 Å². The fourth-order valence-corrected chi connectivity index (χ4v) is 1.71. The SMILES string of the molecule is C=Cc1c(O)ccc(C(C)C)c1/C=C\C. The van der Waals surface area contributed by atoms with Crippen molar-refractivity contribution in [3.8, 4) is 5.75 Å². The molecule has 1 nitrogen and oxygen atoms in total. The third kappa shape index (κ3) is 2.30. The largest absolute Gasteiger partial charge is 0.507 e. The number of phenols is 1. The minimum absolute atomic E-state index is 0.294. The van der Waals surface area contributed by atoms with Gasteiger partial charge < -0.3 is 5.11 Å². The summed E-state index contributed by atoms with van der Waals surface area (Å²) in [6.45, 7) is 10.0. The normalized spacial score (nSPS) is 11.2. The van der Waals surface area contributed by atoms with E-state index in [2.05, 4.69) is 20.4 Å². The second-order valence-corrected chi connectivity index (χ2v) is 3.86. The van der Waals surface area contributed by atoms with Crippen molar-refractivity contribution in [2.24, 2.45) is 0 Å². The van der Waals surface area contributed by atoms with Crippen molar-refractivity contribution in [1.29, 1.82) is 0 Å². The van der Waals surface area contributed by atoms with Gasteiger partial charge in [-0.3, -0.25) is 0 Å². The fraction of sp³-hybridized carbons (Fsp3) is 0.286. The minimum Gasteiger partial charge on any atom is -0.507 e. The smallest absolute Gasteiger partial charge is 0.123 e. The molecule has 0 aromatic heterocycles. The Morgan fingerprint density at radius 3 is 2.40 bits per heavy atom. The van der Waals surface area contributed by atoms with Crippen LogP contribution in [0.5, 0.6) is 5.75 Å². The summed E-state index contributed by atoms with van der Waals surface area (Å²) < 4.78 is 0. The first-order chi connectivity index (χ1) is 7.11. The molecule has 1 N–H and O–H groups in total.